The summed E-state index contributed by atoms with van der Waals surface area (Å²) in [6.45, 7) is 4.18. The summed E-state index contributed by atoms with van der Waals surface area (Å²) in [5.41, 5.74) is 0. The number of carbonyl (C=O) groups excluding carboxylic acids is 1. The van der Waals surface area contributed by atoms with E-state index in [0.717, 1.165) is 128 Å². The highest BCUT2D eigenvalue weighted by Crippen LogP contribution is 2.15. The second-order valence-electron chi connectivity index (χ2n) is 21.1. The lowest BCUT2D eigenvalue weighted by Crippen LogP contribution is -2.45. The third-order valence-electron chi connectivity index (χ3n) is 13.7. The van der Waals surface area contributed by atoms with Crippen molar-refractivity contribution in [2.75, 3.05) is 6.61 Å². The van der Waals surface area contributed by atoms with Gasteiger partial charge in [0.2, 0.25) is 5.91 Å². The number of nitrogens with one attached hydrogen (secondary N) is 1. The van der Waals surface area contributed by atoms with Crippen LogP contribution in [0.25, 0.3) is 0 Å². The molecular weight excluding hydrogens is 951 g/mol. The first kappa shape index (κ1) is 73.8. The summed E-state index contributed by atoms with van der Waals surface area (Å²) in [6.07, 6.45) is 108. The van der Waals surface area contributed by atoms with E-state index in [1.54, 1.807) is 6.08 Å². The maximum atomic E-state index is 12.5. The summed E-state index contributed by atoms with van der Waals surface area (Å²) in [6, 6.07) is -0.671. The quantitative estimate of drug-likeness (QED) is 0.0420. The van der Waals surface area contributed by atoms with Crippen LogP contribution in [-0.4, -0.2) is 34.9 Å². The summed E-state index contributed by atoms with van der Waals surface area (Å²) < 4.78 is 0. The highest BCUT2D eigenvalue weighted by Gasteiger charge is 2.18. The maximum absolute atomic E-state index is 12.5. The van der Waals surface area contributed by atoms with Gasteiger partial charge in [0, 0.05) is 6.42 Å². The summed E-state index contributed by atoms with van der Waals surface area (Å²) in [5.74, 6) is -0.102. The van der Waals surface area contributed by atoms with Crippen molar-refractivity contribution in [2.45, 2.75) is 283 Å². The first-order valence-electron chi connectivity index (χ1n) is 32.3. The Morgan fingerprint density at radius 3 is 0.897 bits per heavy atom. The fourth-order valence-electron chi connectivity index (χ4n) is 8.80. The fourth-order valence-corrected chi connectivity index (χ4v) is 8.80. The van der Waals surface area contributed by atoms with Gasteiger partial charge >= 0.3 is 0 Å². The second kappa shape index (κ2) is 67.0. The molecule has 0 rings (SSSR count). The number of hydrogen-bond acceptors (Lipinski definition) is 3. The molecule has 0 bridgehead atoms. The number of aliphatic hydroxyl groups excluding tert-OH is 2. The molecule has 0 aliphatic carbocycles. The zero-order valence-corrected chi connectivity index (χ0v) is 50.6. The maximum Gasteiger partial charge on any atom is 0.220 e. The third-order valence-corrected chi connectivity index (χ3v) is 13.7. The van der Waals surface area contributed by atoms with Crippen molar-refractivity contribution in [2.24, 2.45) is 0 Å². The summed E-state index contributed by atoms with van der Waals surface area (Å²) in [4.78, 5) is 12.5. The van der Waals surface area contributed by atoms with Gasteiger partial charge in [-0.1, -0.05) is 306 Å². The lowest BCUT2D eigenvalue weighted by molar-refractivity contribution is -0.123. The van der Waals surface area contributed by atoms with E-state index in [4.69, 9.17) is 0 Å². The molecule has 0 fully saturated rings. The molecule has 4 heteroatoms. The molecule has 4 nitrogen and oxygen atoms in total. The number of hydrogen-bond donors (Lipinski definition) is 3. The van der Waals surface area contributed by atoms with Gasteiger partial charge in [0.05, 0.1) is 18.8 Å². The van der Waals surface area contributed by atoms with Crippen LogP contribution in [0.15, 0.2) is 170 Å². The van der Waals surface area contributed by atoms with E-state index in [1.165, 1.54) is 122 Å². The Morgan fingerprint density at radius 1 is 0.321 bits per heavy atom. The Morgan fingerprint density at radius 2 is 0.577 bits per heavy atom. The van der Waals surface area contributed by atoms with Crippen molar-refractivity contribution in [3.8, 4) is 0 Å². The molecule has 1 amide bonds. The Bertz CT molecular complexity index is 1690. The molecule has 0 aliphatic heterocycles. The predicted molar refractivity (Wildman–Crippen MR) is 349 cm³/mol. The lowest BCUT2D eigenvalue weighted by Gasteiger charge is -2.19. The van der Waals surface area contributed by atoms with Crippen LogP contribution < -0.4 is 5.32 Å². The molecule has 0 aromatic rings. The molecule has 3 N–H and O–H groups in total. The molecule has 2 unspecified atom stereocenters. The molecule has 0 heterocycles. The molecule has 0 radical (unpaired) electrons. The van der Waals surface area contributed by atoms with Crippen molar-refractivity contribution >= 4 is 5.91 Å². The van der Waals surface area contributed by atoms with Gasteiger partial charge in [-0.25, -0.2) is 0 Å². The fraction of sp³-hybridized carbons (Fsp3) is 0.608. The molecular formula is C74H121NO3. The van der Waals surface area contributed by atoms with E-state index in [9.17, 15) is 15.0 Å². The predicted octanol–water partition coefficient (Wildman–Crippen LogP) is 22.3. The van der Waals surface area contributed by atoms with Crippen LogP contribution in [0.4, 0.5) is 0 Å². The van der Waals surface area contributed by atoms with Crippen LogP contribution in [0.3, 0.4) is 0 Å². The van der Waals surface area contributed by atoms with Gasteiger partial charge in [0.15, 0.2) is 0 Å². The van der Waals surface area contributed by atoms with Crippen LogP contribution in [0.5, 0.6) is 0 Å². The van der Waals surface area contributed by atoms with Crippen molar-refractivity contribution < 1.29 is 15.0 Å². The molecule has 0 aromatic carbocycles. The van der Waals surface area contributed by atoms with Gasteiger partial charge in [-0.3, -0.25) is 4.79 Å². The first-order valence-corrected chi connectivity index (χ1v) is 32.3. The molecule has 78 heavy (non-hydrogen) atoms. The van der Waals surface area contributed by atoms with Crippen molar-refractivity contribution in [3.63, 3.8) is 0 Å². The molecule has 440 valence electrons. The average molecular weight is 1070 g/mol. The van der Waals surface area contributed by atoms with Crippen molar-refractivity contribution in [1.29, 1.82) is 0 Å². The third kappa shape index (κ3) is 62.6. The zero-order chi connectivity index (χ0) is 56.2. The van der Waals surface area contributed by atoms with Gasteiger partial charge in [-0.15, -0.1) is 0 Å². The largest absolute Gasteiger partial charge is 0.394 e. The number of rotatable bonds is 57. The molecule has 2 atom stereocenters. The van der Waals surface area contributed by atoms with Gasteiger partial charge in [0.25, 0.3) is 0 Å². The van der Waals surface area contributed by atoms with E-state index in [0.29, 0.717) is 6.42 Å². The normalized spacial score (nSPS) is 13.9. The Kier molecular flexibility index (Phi) is 63.4. The summed E-state index contributed by atoms with van der Waals surface area (Å²) in [5, 5.41) is 23.2. The van der Waals surface area contributed by atoms with Crippen LogP contribution in [0, 0.1) is 0 Å². The highest BCUT2D eigenvalue weighted by atomic mass is 16.3. The Labute approximate surface area is 483 Å². The number of allylic oxidation sites excluding steroid dienone is 27. The van der Waals surface area contributed by atoms with E-state index >= 15 is 0 Å². The summed E-state index contributed by atoms with van der Waals surface area (Å²) >= 11 is 0. The number of aliphatic hydroxyl groups is 2. The molecule has 0 spiro atoms. The van der Waals surface area contributed by atoms with Crippen molar-refractivity contribution in [3.05, 3.63) is 170 Å². The lowest BCUT2D eigenvalue weighted by atomic mass is 10.0. The second-order valence-corrected chi connectivity index (χ2v) is 21.1. The van der Waals surface area contributed by atoms with Crippen LogP contribution in [0.2, 0.25) is 0 Å². The monoisotopic (exact) mass is 1070 g/mol. The summed E-state index contributed by atoms with van der Waals surface area (Å²) in [7, 11) is 0. The van der Waals surface area contributed by atoms with Crippen LogP contribution in [-0.2, 0) is 4.79 Å². The van der Waals surface area contributed by atoms with E-state index < -0.39 is 12.1 Å². The Balaban J connectivity index is 3.70. The smallest absolute Gasteiger partial charge is 0.220 e. The topological polar surface area (TPSA) is 69.6 Å². The van der Waals surface area contributed by atoms with Crippen molar-refractivity contribution in [1.82, 2.24) is 5.32 Å². The minimum atomic E-state index is -0.893. The minimum Gasteiger partial charge on any atom is -0.394 e. The first-order chi connectivity index (χ1) is 38.7. The average Bonchev–Trinajstić information content (AvgIpc) is 3.44. The van der Waals surface area contributed by atoms with Gasteiger partial charge in [-0.05, 0) is 128 Å². The highest BCUT2D eigenvalue weighted by molar-refractivity contribution is 5.76. The number of carbonyl (C=O) groups is 1. The van der Waals surface area contributed by atoms with Crippen LogP contribution >= 0.6 is 0 Å². The van der Waals surface area contributed by atoms with Crippen LogP contribution in [0.1, 0.15) is 271 Å². The van der Waals surface area contributed by atoms with Gasteiger partial charge in [0.1, 0.15) is 0 Å². The standard InChI is InChI=1S/C74H121NO3/c1-3-5-7-9-11-13-15-17-19-21-23-25-27-29-31-32-33-34-35-36-37-38-39-40-41-42-44-46-48-50-52-54-56-58-60-62-64-66-68-70-74(78)75-72(71-76)73(77)69-67-65-63-61-59-57-55-53-51-49-47-45-43-30-28-26-24-22-20-18-16-14-12-10-8-6-4-2/h5,7,11,13,17,19,23,25,29,31,33-34,36-37,39-40,42,44,48,50-51,53-54,56,59,61,67,69,72-73,76-77H,3-4,6,8-10,12,14-16,18,20-22,24,26-28,30,32,35,38,41,43,45-47,49,52,55,57-58,60,62-66,68,70-71H2,1-2H3,(H,75,78)/b7-5-,13-11-,19-17-,25-23-,31-29-,34-33-,37-36-,40-39-,44-42-,50-48-,53-51+,56-54-,61-59+,69-67+. The number of amides is 1. The Hall–Kier alpha value is -4.25. The van der Waals surface area contributed by atoms with Gasteiger partial charge in [-0.2, -0.15) is 0 Å². The van der Waals surface area contributed by atoms with E-state index in [1.807, 2.05) is 6.08 Å². The molecule has 0 saturated heterocycles. The minimum absolute atomic E-state index is 0.102. The van der Waals surface area contributed by atoms with Gasteiger partial charge < -0.3 is 15.5 Å². The SMILES string of the molecule is CC/C=C\C/C=C\C/C=C\C/C=C\C/C=C\C/C=C\C/C=C\C/C=C\C/C=C\C/C=C\C/C=C\CCCCCCCC(=O)NC(CO)C(O)/C=C/CC/C=C/CC/C=C/CCCCCCCCCCCCCCCCCCC. The van der Waals surface area contributed by atoms with E-state index in [2.05, 4.69) is 177 Å². The number of unbranched alkanes of at least 4 members (excludes halogenated alkanes) is 24. The molecule has 0 aliphatic rings. The molecule has 0 saturated carbocycles. The van der Waals surface area contributed by atoms with E-state index in [-0.39, 0.29) is 12.5 Å². The zero-order valence-electron chi connectivity index (χ0n) is 50.6. The molecule has 0 aromatic heterocycles.